The lowest BCUT2D eigenvalue weighted by atomic mass is 10.3. The van der Waals surface area contributed by atoms with Gasteiger partial charge in [0.05, 0.1) is 12.3 Å². The van der Waals surface area contributed by atoms with Crippen molar-refractivity contribution in [1.82, 2.24) is 15.0 Å². The van der Waals surface area contributed by atoms with Crippen molar-refractivity contribution in [2.75, 3.05) is 13.2 Å². The Morgan fingerprint density at radius 1 is 1.53 bits per heavy atom. The summed E-state index contributed by atoms with van der Waals surface area (Å²) in [6, 6.07) is 0. The second-order valence-electron chi connectivity index (χ2n) is 3.54. The summed E-state index contributed by atoms with van der Waals surface area (Å²) in [6.45, 7) is 5.47. The van der Waals surface area contributed by atoms with Gasteiger partial charge in [0, 0.05) is 25.8 Å². The van der Waals surface area contributed by atoms with Gasteiger partial charge in [0.1, 0.15) is 5.78 Å². The fraction of sp³-hybridized carbons (Fsp3) is 0.700. The van der Waals surface area contributed by atoms with E-state index in [-0.39, 0.29) is 5.78 Å². The molecule has 0 saturated heterocycles. The molecule has 15 heavy (non-hydrogen) atoms. The van der Waals surface area contributed by atoms with Gasteiger partial charge in [0.25, 0.3) is 0 Å². The van der Waals surface area contributed by atoms with Crippen LogP contribution in [0.1, 0.15) is 25.5 Å². The molecule has 0 aliphatic rings. The number of aryl methyl sites for hydroxylation is 2. The highest BCUT2D eigenvalue weighted by atomic mass is 16.5. The standard InChI is InChI=1S/C10H17N3O2/c1-9-8-13(12-11-9)5-3-6-15-7-4-10(2)14/h8H,3-7H2,1-2H3. The van der Waals surface area contributed by atoms with Crippen LogP contribution in [-0.2, 0) is 16.1 Å². The molecule has 1 rings (SSSR count). The molecule has 5 nitrogen and oxygen atoms in total. The number of Topliss-reactive ketones (excluding diaryl/α,β-unsaturated/α-hetero) is 1. The molecule has 84 valence electrons. The van der Waals surface area contributed by atoms with Crippen LogP contribution in [0.3, 0.4) is 0 Å². The number of carbonyl (C=O) groups excluding carboxylic acids is 1. The lowest BCUT2D eigenvalue weighted by Gasteiger charge is -2.02. The molecule has 5 heteroatoms. The van der Waals surface area contributed by atoms with Crippen LogP contribution in [0, 0.1) is 6.92 Å². The number of ketones is 1. The van der Waals surface area contributed by atoms with Crippen molar-refractivity contribution in [2.24, 2.45) is 0 Å². The number of ether oxygens (including phenoxy) is 1. The third-order valence-corrected chi connectivity index (χ3v) is 1.93. The van der Waals surface area contributed by atoms with Crippen molar-refractivity contribution < 1.29 is 9.53 Å². The number of hydrogen-bond acceptors (Lipinski definition) is 4. The first-order valence-corrected chi connectivity index (χ1v) is 5.12. The van der Waals surface area contributed by atoms with Crippen LogP contribution >= 0.6 is 0 Å². The molecule has 0 aliphatic heterocycles. The summed E-state index contributed by atoms with van der Waals surface area (Å²) in [7, 11) is 0. The Labute approximate surface area is 89.4 Å². The van der Waals surface area contributed by atoms with E-state index in [2.05, 4.69) is 10.3 Å². The lowest BCUT2D eigenvalue weighted by Crippen LogP contribution is -2.05. The second kappa shape index (κ2) is 6.29. The predicted octanol–water partition coefficient (Wildman–Crippen LogP) is 0.972. The first-order chi connectivity index (χ1) is 7.18. The zero-order valence-corrected chi connectivity index (χ0v) is 9.27. The van der Waals surface area contributed by atoms with Gasteiger partial charge in [-0.1, -0.05) is 5.21 Å². The van der Waals surface area contributed by atoms with Gasteiger partial charge in [-0.25, -0.2) is 0 Å². The van der Waals surface area contributed by atoms with Crippen LogP contribution in [0.5, 0.6) is 0 Å². The smallest absolute Gasteiger partial charge is 0.132 e. The third kappa shape index (κ3) is 5.27. The predicted molar refractivity (Wildman–Crippen MR) is 55.5 cm³/mol. The number of nitrogens with zero attached hydrogens (tertiary/aromatic N) is 3. The number of aromatic nitrogens is 3. The van der Waals surface area contributed by atoms with Gasteiger partial charge in [-0.3, -0.25) is 9.48 Å². The Morgan fingerprint density at radius 3 is 2.93 bits per heavy atom. The van der Waals surface area contributed by atoms with Gasteiger partial charge >= 0.3 is 0 Å². The van der Waals surface area contributed by atoms with Gasteiger partial charge in [-0.05, 0) is 20.3 Å². The minimum absolute atomic E-state index is 0.168. The molecule has 0 radical (unpaired) electrons. The highest BCUT2D eigenvalue weighted by molar-refractivity contribution is 5.75. The molecule has 0 bridgehead atoms. The van der Waals surface area contributed by atoms with E-state index in [1.807, 2.05) is 13.1 Å². The molecule has 0 aromatic carbocycles. The zero-order chi connectivity index (χ0) is 11.1. The fourth-order valence-electron chi connectivity index (χ4n) is 1.15. The molecular weight excluding hydrogens is 194 g/mol. The summed E-state index contributed by atoms with van der Waals surface area (Å²) in [5, 5.41) is 7.80. The average molecular weight is 211 g/mol. The summed E-state index contributed by atoms with van der Waals surface area (Å²) < 4.78 is 7.09. The first kappa shape index (κ1) is 11.8. The summed E-state index contributed by atoms with van der Waals surface area (Å²) in [5.74, 6) is 0.168. The molecule has 1 aromatic heterocycles. The number of rotatable bonds is 7. The van der Waals surface area contributed by atoms with E-state index >= 15 is 0 Å². The highest BCUT2D eigenvalue weighted by Gasteiger charge is 1.96. The van der Waals surface area contributed by atoms with Gasteiger partial charge < -0.3 is 4.74 Å². The summed E-state index contributed by atoms with van der Waals surface area (Å²) in [4.78, 5) is 10.6. The Kier molecular flexibility index (Phi) is 4.97. The third-order valence-electron chi connectivity index (χ3n) is 1.93. The van der Waals surface area contributed by atoms with Gasteiger partial charge in [-0.15, -0.1) is 5.10 Å². The second-order valence-corrected chi connectivity index (χ2v) is 3.54. The van der Waals surface area contributed by atoms with E-state index < -0.39 is 0 Å². The Morgan fingerprint density at radius 2 is 2.33 bits per heavy atom. The van der Waals surface area contributed by atoms with Gasteiger partial charge in [0.2, 0.25) is 0 Å². The van der Waals surface area contributed by atoms with Crippen LogP contribution in [0.4, 0.5) is 0 Å². The Balaban J connectivity index is 2.00. The van der Waals surface area contributed by atoms with Crippen LogP contribution in [0.15, 0.2) is 6.20 Å². The monoisotopic (exact) mass is 211 g/mol. The lowest BCUT2D eigenvalue weighted by molar-refractivity contribution is -0.118. The van der Waals surface area contributed by atoms with Crippen molar-refractivity contribution in [1.29, 1.82) is 0 Å². The Hall–Kier alpha value is -1.23. The molecule has 1 heterocycles. The summed E-state index contributed by atoms with van der Waals surface area (Å²) in [6.07, 6.45) is 3.29. The summed E-state index contributed by atoms with van der Waals surface area (Å²) in [5.41, 5.74) is 0.924. The van der Waals surface area contributed by atoms with Crippen molar-refractivity contribution in [3.8, 4) is 0 Å². The molecule has 0 fully saturated rings. The molecule has 0 atom stereocenters. The fourth-order valence-corrected chi connectivity index (χ4v) is 1.15. The van der Waals surface area contributed by atoms with Gasteiger partial charge in [-0.2, -0.15) is 0 Å². The van der Waals surface area contributed by atoms with E-state index in [0.717, 1.165) is 18.7 Å². The summed E-state index contributed by atoms with van der Waals surface area (Å²) >= 11 is 0. The zero-order valence-electron chi connectivity index (χ0n) is 9.27. The average Bonchev–Trinajstić information content (AvgIpc) is 2.57. The van der Waals surface area contributed by atoms with Crippen molar-refractivity contribution >= 4 is 5.78 Å². The SMILES string of the molecule is CC(=O)CCOCCCn1cc(C)nn1. The normalized spacial score (nSPS) is 10.5. The number of hydrogen-bond donors (Lipinski definition) is 0. The highest BCUT2D eigenvalue weighted by Crippen LogP contribution is 1.93. The topological polar surface area (TPSA) is 57.0 Å². The first-order valence-electron chi connectivity index (χ1n) is 5.12. The maximum atomic E-state index is 10.6. The van der Waals surface area contributed by atoms with Crippen LogP contribution < -0.4 is 0 Å². The minimum Gasteiger partial charge on any atom is -0.381 e. The van der Waals surface area contributed by atoms with Crippen molar-refractivity contribution in [3.05, 3.63) is 11.9 Å². The van der Waals surface area contributed by atoms with E-state index in [4.69, 9.17) is 4.74 Å². The van der Waals surface area contributed by atoms with Crippen molar-refractivity contribution in [2.45, 2.75) is 33.2 Å². The molecular formula is C10H17N3O2. The maximum absolute atomic E-state index is 10.6. The molecule has 0 N–H and O–H groups in total. The quantitative estimate of drug-likeness (QED) is 0.631. The van der Waals surface area contributed by atoms with Crippen molar-refractivity contribution in [3.63, 3.8) is 0 Å². The van der Waals surface area contributed by atoms with Crippen LogP contribution in [0.25, 0.3) is 0 Å². The van der Waals surface area contributed by atoms with Gasteiger partial charge in [0.15, 0.2) is 0 Å². The molecule has 0 saturated carbocycles. The number of carbonyl (C=O) groups is 1. The molecule has 0 aliphatic carbocycles. The van der Waals surface area contributed by atoms with E-state index in [1.54, 1.807) is 11.6 Å². The van der Waals surface area contributed by atoms with E-state index in [1.165, 1.54) is 0 Å². The Bertz CT molecular complexity index is 309. The minimum atomic E-state index is 0.168. The molecule has 0 spiro atoms. The van der Waals surface area contributed by atoms with E-state index in [9.17, 15) is 4.79 Å². The largest absolute Gasteiger partial charge is 0.381 e. The van der Waals surface area contributed by atoms with Crippen LogP contribution in [0.2, 0.25) is 0 Å². The molecule has 0 unspecified atom stereocenters. The van der Waals surface area contributed by atoms with Crippen LogP contribution in [-0.4, -0.2) is 34.0 Å². The maximum Gasteiger partial charge on any atom is 0.132 e. The molecule has 0 amide bonds. The van der Waals surface area contributed by atoms with E-state index in [0.29, 0.717) is 19.6 Å². The molecule has 1 aromatic rings.